The van der Waals surface area contributed by atoms with Crippen molar-refractivity contribution >= 4 is 37.1 Å². The summed E-state index contributed by atoms with van der Waals surface area (Å²) in [7, 11) is -0.0415. The van der Waals surface area contributed by atoms with Crippen molar-refractivity contribution in [1.29, 1.82) is 0 Å². The maximum absolute atomic E-state index is 15.5. The van der Waals surface area contributed by atoms with Crippen LogP contribution in [0.2, 0.25) is 25.7 Å². The molecule has 0 aromatic heterocycles. The molecule has 1 aromatic carbocycles. The molecule has 1 amide bonds. The lowest BCUT2D eigenvalue weighted by Gasteiger charge is -2.47. The highest BCUT2D eigenvalue weighted by Crippen LogP contribution is 2.52. The minimum absolute atomic E-state index is 0.108. The summed E-state index contributed by atoms with van der Waals surface area (Å²) in [5.41, 5.74) is -1.13. The molecule has 0 fully saturated rings. The summed E-state index contributed by atoms with van der Waals surface area (Å²) in [6.07, 6.45) is -0.652. The number of esters is 1. The molecule has 208 valence electrons. The molecular weight excluding hydrogens is 511 g/mol. The van der Waals surface area contributed by atoms with Gasteiger partial charge in [0.2, 0.25) is 0 Å². The minimum Gasteiger partial charge on any atom is -0.468 e. The molecule has 1 aliphatic rings. The molecule has 0 radical (unpaired) electrons. The normalized spacial score (nSPS) is 24.3. The van der Waals surface area contributed by atoms with Crippen molar-refractivity contribution in [2.24, 2.45) is 10.9 Å². The number of carbonyl (C=O) groups excluding carboxylic acids is 2. The summed E-state index contributed by atoms with van der Waals surface area (Å²) in [6.45, 7) is 19.5. The number of hydrogen-bond donors (Lipinski definition) is 0. The van der Waals surface area contributed by atoms with Gasteiger partial charge in [0.05, 0.1) is 12.6 Å². The predicted octanol–water partition coefficient (Wildman–Crippen LogP) is 6.57. The summed E-state index contributed by atoms with van der Waals surface area (Å²) in [5.74, 6) is -1.36. The van der Waals surface area contributed by atoms with E-state index in [1.165, 1.54) is 12.0 Å². The lowest BCUT2D eigenvalue weighted by molar-refractivity contribution is -0.145. The standard InChI is InChI=1S/C27H43FN2O5SSi/c1-18-13-12-14-20(21(18)28)26(6)19(2)27(7,22(31)33-8)36-23(29-26)30(24(32)35-25(3,4)5)17-34-15-16-37(9,10)11/h12-14,19H,15-17H2,1-11H3/t19-,26-,27-/m0/s1. The van der Waals surface area contributed by atoms with E-state index in [9.17, 15) is 9.59 Å². The Hall–Kier alpha value is -1.91. The zero-order valence-electron chi connectivity index (χ0n) is 24.2. The molecule has 2 rings (SSSR count). The number of nitrogens with zero attached hydrogens (tertiary/aromatic N) is 2. The molecule has 1 aliphatic heterocycles. The fraction of sp³-hybridized carbons (Fsp3) is 0.667. The Balaban J connectivity index is 2.65. The average Bonchev–Trinajstić information content (AvgIpc) is 2.76. The van der Waals surface area contributed by atoms with Crippen LogP contribution >= 0.6 is 11.8 Å². The van der Waals surface area contributed by atoms with E-state index in [1.54, 1.807) is 59.7 Å². The van der Waals surface area contributed by atoms with Crippen LogP contribution in [0.3, 0.4) is 0 Å². The maximum Gasteiger partial charge on any atom is 0.418 e. The highest BCUT2D eigenvalue weighted by Gasteiger charge is 2.56. The number of halogens is 1. The largest absolute Gasteiger partial charge is 0.468 e. The first-order valence-corrected chi connectivity index (χ1v) is 17.1. The van der Waals surface area contributed by atoms with Crippen LogP contribution < -0.4 is 0 Å². The Morgan fingerprint density at radius 3 is 2.38 bits per heavy atom. The molecule has 37 heavy (non-hydrogen) atoms. The number of ether oxygens (including phenoxy) is 3. The molecule has 3 atom stereocenters. The van der Waals surface area contributed by atoms with Gasteiger partial charge in [0.1, 0.15) is 22.9 Å². The molecular formula is C27H43FN2O5SSi. The van der Waals surface area contributed by atoms with E-state index in [2.05, 4.69) is 19.6 Å². The van der Waals surface area contributed by atoms with Crippen LogP contribution in [0, 0.1) is 18.7 Å². The van der Waals surface area contributed by atoms with Crippen LogP contribution in [0.1, 0.15) is 52.7 Å². The van der Waals surface area contributed by atoms with Crippen LogP contribution in [-0.4, -0.2) is 61.0 Å². The van der Waals surface area contributed by atoms with Crippen LogP contribution in [0.5, 0.6) is 0 Å². The van der Waals surface area contributed by atoms with E-state index in [0.717, 1.165) is 17.8 Å². The van der Waals surface area contributed by atoms with Gasteiger partial charge in [-0.1, -0.05) is 56.5 Å². The number of benzene rings is 1. The first kappa shape index (κ1) is 31.3. The van der Waals surface area contributed by atoms with Gasteiger partial charge in [-0.15, -0.1) is 0 Å². The third kappa shape index (κ3) is 7.35. The van der Waals surface area contributed by atoms with Crippen molar-refractivity contribution in [2.75, 3.05) is 20.4 Å². The van der Waals surface area contributed by atoms with Crippen molar-refractivity contribution in [1.82, 2.24) is 4.90 Å². The van der Waals surface area contributed by atoms with Crippen molar-refractivity contribution < 1.29 is 28.2 Å². The average molecular weight is 555 g/mol. The Labute approximate surface area is 226 Å². The van der Waals surface area contributed by atoms with Gasteiger partial charge < -0.3 is 14.2 Å². The van der Waals surface area contributed by atoms with Gasteiger partial charge in [-0.3, -0.25) is 9.79 Å². The zero-order valence-corrected chi connectivity index (χ0v) is 26.0. The highest BCUT2D eigenvalue weighted by atomic mass is 32.2. The van der Waals surface area contributed by atoms with Crippen LogP contribution in [-0.2, 0) is 24.5 Å². The molecule has 0 aliphatic carbocycles. The molecule has 0 bridgehead atoms. The molecule has 0 spiro atoms. The number of rotatable bonds is 7. The SMILES string of the molecule is COC(=O)[C@@]1(C)SC(N(COCC[Si](C)(C)C)C(=O)OC(C)(C)C)=N[C@](C)(c2cccc(C)c2F)[C@@H]1C. The van der Waals surface area contributed by atoms with Crippen molar-refractivity contribution in [2.45, 2.75) is 90.0 Å². The lowest BCUT2D eigenvalue weighted by Crippen LogP contribution is -2.55. The van der Waals surface area contributed by atoms with E-state index in [0.29, 0.717) is 17.7 Å². The minimum atomic E-state index is -1.36. The van der Waals surface area contributed by atoms with Crippen molar-refractivity contribution in [3.63, 3.8) is 0 Å². The topological polar surface area (TPSA) is 77.4 Å². The number of hydrogen-bond acceptors (Lipinski definition) is 7. The monoisotopic (exact) mass is 554 g/mol. The third-order valence-corrected chi connectivity index (χ3v) is 9.83. The highest BCUT2D eigenvalue weighted by molar-refractivity contribution is 8.15. The number of thioether (sulfide) groups is 1. The van der Waals surface area contributed by atoms with Crippen LogP contribution in [0.25, 0.3) is 0 Å². The van der Waals surface area contributed by atoms with Gasteiger partial charge in [-0.2, -0.15) is 0 Å². The van der Waals surface area contributed by atoms with Crippen molar-refractivity contribution in [3.8, 4) is 0 Å². The second-order valence-electron chi connectivity index (χ2n) is 12.2. The molecule has 7 nitrogen and oxygen atoms in total. The summed E-state index contributed by atoms with van der Waals surface area (Å²) in [6, 6.07) is 6.05. The zero-order chi connectivity index (χ0) is 28.4. The number of aryl methyl sites for hydroxylation is 1. The quantitative estimate of drug-likeness (QED) is 0.164. The number of amidine groups is 1. The number of aliphatic imine (C=N–C) groups is 1. The number of carbonyl (C=O) groups is 2. The summed E-state index contributed by atoms with van der Waals surface area (Å²) >= 11 is 1.11. The predicted molar refractivity (Wildman–Crippen MR) is 150 cm³/mol. The number of methoxy groups -OCH3 is 1. The van der Waals surface area contributed by atoms with Gasteiger partial charge in [0.25, 0.3) is 0 Å². The number of amides is 1. The Kier molecular flexibility index (Phi) is 9.69. The first-order valence-electron chi connectivity index (χ1n) is 12.6. The fourth-order valence-electron chi connectivity index (χ4n) is 4.04. The van der Waals surface area contributed by atoms with E-state index in [1.807, 2.05) is 6.92 Å². The van der Waals surface area contributed by atoms with Crippen LogP contribution in [0.4, 0.5) is 9.18 Å². The summed E-state index contributed by atoms with van der Waals surface area (Å²) < 4.78 is 31.1. The Morgan fingerprint density at radius 1 is 1.22 bits per heavy atom. The second-order valence-corrected chi connectivity index (χ2v) is 19.2. The summed E-state index contributed by atoms with van der Waals surface area (Å²) in [5, 5.41) is 0.219. The van der Waals surface area contributed by atoms with Crippen LogP contribution in [0.15, 0.2) is 23.2 Å². The van der Waals surface area contributed by atoms with Gasteiger partial charge >= 0.3 is 12.1 Å². The smallest absolute Gasteiger partial charge is 0.418 e. The van der Waals surface area contributed by atoms with E-state index in [4.69, 9.17) is 19.2 Å². The maximum atomic E-state index is 15.5. The fourth-order valence-corrected chi connectivity index (χ4v) is 6.22. The second kappa shape index (κ2) is 11.5. The van der Waals surface area contributed by atoms with Gasteiger partial charge in [-0.05, 0) is 53.1 Å². The Bertz CT molecular complexity index is 1040. The molecule has 0 unspecified atom stereocenters. The molecule has 0 saturated carbocycles. The van der Waals surface area contributed by atoms with Gasteiger partial charge in [0, 0.05) is 26.2 Å². The Morgan fingerprint density at radius 2 is 1.84 bits per heavy atom. The molecule has 10 heteroatoms. The van der Waals surface area contributed by atoms with Crippen molar-refractivity contribution in [3.05, 3.63) is 35.1 Å². The van der Waals surface area contributed by atoms with E-state index >= 15 is 4.39 Å². The summed E-state index contributed by atoms with van der Waals surface area (Å²) in [4.78, 5) is 32.8. The third-order valence-electron chi connectivity index (χ3n) is 6.69. The van der Waals surface area contributed by atoms with Gasteiger partial charge in [-0.25, -0.2) is 14.1 Å². The first-order chi connectivity index (χ1) is 16.9. The molecule has 1 aromatic rings. The molecule has 1 heterocycles. The molecule has 0 N–H and O–H groups in total. The van der Waals surface area contributed by atoms with Gasteiger partial charge in [0.15, 0.2) is 5.17 Å². The lowest BCUT2D eigenvalue weighted by atomic mass is 9.73. The van der Waals surface area contributed by atoms with E-state index < -0.39 is 47.8 Å². The molecule has 0 saturated heterocycles. The van der Waals surface area contributed by atoms with E-state index in [-0.39, 0.29) is 11.9 Å².